The van der Waals surface area contributed by atoms with Crippen molar-refractivity contribution in [2.45, 2.75) is 31.0 Å². The van der Waals surface area contributed by atoms with Gasteiger partial charge in [0.25, 0.3) is 0 Å². The summed E-state index contributed by atoms with van der Waals surface area (Å²) in [6.45, 7) is 2.53. The van der Waals surface area contributed by atoms with Crippen molar-refractivity contribution in [1.82, 2.24) is 15.3 Å². The number of aliphatic carboxylic acids is 2. The molecule has 0 aromatic carbocycles. The number of carbonyl (C=O) groups is 2. The zero-order valence-electron chi connectivity index (χ0n) is 15.6. The van der Waals surface area contributed by atoms with Crippen LogP contribution in [-0.4, -0.2) is 70.1 Å². The summed E-state index contributed by atoms with van der Waals surface area (Å²) in [6.07, 6.45) is -12.6. The number of fused-ring (bicyclic) bond motifs is 1. The molecule has 3 N–H and O–H groups in total. The molecule has 2 saturated heterocycles. The van der Waals surface area contributed by atoms with Gasteiger partial charge < -0.3 is 20.4 Å². The molecule has 17 heteroatoms. The summed E-state index contributed by atoms with van der Waals surface area (Å²) in [5.41, 5.74) is -0.873. The van der Waals surface area contributed by atoms with Gasteiger partial charge in [-0.3, -0.25) is 0 Å². The molecule has 1 aromatic rings. The van der Waals surface area contributed by atoms with Crippen LogP contribution in [0.15, 0.2) is 12.4 Å². The number of rotatable bonds is 1. The van der Waals surface area contributed by atoms with Gasteiger partial charge in [0, 0.05) is 31.7 Å². The molecule has 0 radical (unpaired) electrons. The van der Waals surface area contributed by atoms with E-state index in [0.717, 1.165) is 38.4 Å². The van der Waals surface area contributed by atoms with E-state index in [9.17, 15) is 39.5 Å². The second-order valence-electron chi connectivity index (χ2n) is 6.33. The number of alkyl halides is 9. The molecule has 182 valence electrons. The Morgan fingerprint density at radius 2 is 1.44 bits per heavy atom. The van der Waals surface area contributed by atoms with Crippen LogP contribution >= 0.6 is 0 Å². The quantitative estimate of drug-likeness (QED) is 0.519. The zero-order chi connectivity index (χ0) is 24.9. The first-order chi connectivity index (χ1) is 14.4. The highest BCUT2D eigenvalue weighted by atomic mass is 19.4. The molecule has 3 heterocycles. The summed E-state index contributed by atoms with van der Waals surface area (Å²) in [7, 11) is 0. The Balaban J connectivity index is 0.000000305. The van der Waals surface area contributed by atoms with Gasteiger partial charge in [-0.25, -0.2) is 19.6 Å². The van der Waals surface area contributed by atoms with Crippen LogP contribution in [0.1, 0.15) is 12.1 Å². The molecular formula is C15H15F9N4O4. The largest absolute Gasteiger partial charge is 0.490 e. The third-order valence-corrected chi connectivity index (χ3v) is 4.17. The van der Waals surface area contributed by atoms with E-state index in [2.05, 4.69) is 15.3 Å². The molecule has 3 rings (SSSR count). The Morgan fingerprint density at radius 3 is 1.88 bits per heavy atom. The number of hydrogen-bond acceptors (Lipinski definition) is 6. The Bertz CT molecular complexity index is 774. The average Bonchev–Trinajstić information content (AvgIpc) is 3.24. The number of carboxylic acid groups (broad SMARTS) is 2. The predicted molar refractivity (Wildman–Crippen MR) is 86.5 cm³/mol. The molecule has 2 aliphatic heterocycles. The molecule has 0 unspecified atom stereocenters. The standard InChI is InChI=1S/C11H13F3N4.2C2HF3O2/c12-11(13,14)9-3-10(17-6-16-9)18-2-1-7-4-15-5-8(7)18;2*3-2(4,5)1(6)7/h3,6-8,15H,1-2,4-5H2;2*(H,6,7)/t7-,8+;;/m0../s1. The topological polar surface area (TPSA) is 116 Å². The molecule has 2 atom stereocenters. The molecular weight excluding hydrogens is 471 g/mol. The highest BCUT2D eigenvalue weighted by molar-refractivity contribution is 5.73. The maximum Gasteiger partial charge on any atom is 0.490 e. The van der Waals surface area contributed by atoms with Crippen molar-refractivity contribution in [3.05, 3.63) is 18.1 Å². The predicted octanol–water partition coefficient (Wildman–Crippen LogP) is 2.56. The molecule has 0 aliphatic carbocycles. The summed E-state index contributed by atoms with van der Waals surface area (Å²) < 4.78 is 101. The summed E-state index contributed by atoms with van der Waals surface area (Å²) in [6, 6.07) is 1.31. The van der Waals surface area contributed by atoms with Crippen LogP contribution in [0.25, 0.3) is 0 Å². The van der Waals surface area contributed by atoms with Crippen molar-refractivity contribution in [1.29, 1.82) is 0 Å². The SMILES string of the molecule is FC(F)(F)c1cc(N2CC[C@H]3CNC[C@H]32)ncn1.O=C(O)C(F)(F)F.O=C(O)C(F)(F)F. The van der Waals surface area contributed by atoms with E-state index in [-0.39, 0.29) is 6.04 Å². The Hall–Kier alpha value is -2.85. The lowest BCUT2D eigenvalue weighted by Gasteiger charge is -2.24. The van der Waals surface area contributed by atoms with Crippen molar-refractivity contribution in [3.63, 3.8) is 0 Å². The third-order valence-electron chi connectivity index (χ3n) is 4.17. The van der Waals surface area contributed by atoms with E-state index < -0.39 is 36.2 Å². The maximum atomic E-state index is 12.6. The van der Waals surface area contributed by atoms with Gasteiger partial charge in [-0.05, 0) is 12.3 Å². The minimum Gasteiger partial charge on any atom is -0.475 e. The zero-order valence-corrected chi connectivity index (χ0v) is 15.6. The summed E-state index contributed by atoms with van der Waals surface area (Å²) >= 11 is 0. The fourth-order valence-corrected chi connectivity index (χ4v) is 2.79. The molecule has 2 aliphatic rings. The van der Waals surface area contributed by atoms with Crippen molar-refractivity contribution >= 4 is 17.8 Å². The van der Waals surface area contributed by atoms with Crippen LogP contribution in [0.5, 0.6) is 0 Å². The van der Waals surface area contributed by atoms with E-state index in [1.807, 2.05) is 4.90 Å². The fraction of sp³-hybridized carbons (Fsp3) is 0.600. The van der Waals surface area contributed by atoms with Crippen LogP contribution < -0.4 is 10.2 Å². The van der Waals surface area contributed by atoms with E-state index in [0.29, 0.717) is 11.7 Å². The van der Waals surface area contributed by atoms with Gasteiger partial charge >= 0.3 is 30.5 Å². The molecule has 8 nitrogen and oxygen atoms in total. The van der Waals surface area contributed by atoms with E-state index in [1.54, 1.807) is 0 Å². The number of carboxylic acids is 2. The summed E-state index contributed by atoms with van der Waals surface area (Å²) in [4.78, 5) is 27.0. The van der Waals surface area contributed by atoms with Crippen LogP contribution in [0.3, 0.4) is 0 Å². The lowest BCUT2D eigenvalue weighted by Crippen LogP contribution is -2.35. The van der Waals surface area contributed by atoms with Gasteiger partial charge in [0.2, 0.25) is 0 Å². The molecule has 0 amide bonds. The van der Waals surface area contributed by atoms with E-state index in [1.165, 1.54) is 0 Å². The summed E-state index contributed by atoms with van der Waals surface area (Å²) in [5, 5.41) is 17.5. The van der Waals surface area contributed by atoms with Gasteiger partial charge in [-0.15, -0.1) is 0 Å². The van der Waals surface area contributed by atoms with Crippen LogP contribution in [0.4, 0.5) is 45.3 Å². The molecule has 0 bridgehead atoms. The third kappa shape index (κ3) is 8.01. The number of nitrogens with one attached hydrogen (secondary N) is 1. The molecule has 1 aromatic heterocycles. The Morgan fingerprint density at radius 1 is 0.938 bits per heavy atom. The number of hydrogen-bond donors (Lipinski definition) is 3. The van der Waals surface area contributed by atoms with Crippen molar-refractivity contribution in [2.75, 3.05) is 24.5 Å². The Labute approximate surface area is 173 Å². The van der Waals surface area contributed by atoms with Gasteiger partial charge in [0.15, 0.2) is 0 Å². The lowest BCUT2D eigenvalue weighted by atomic mass is 10.1. The van der Waals surface area contributed by atoms with E-state index in [4.69, 9.17) is 19.8 Å². The van der Waals surface area contributed by atoms with Crippen molar-refractivity contribution < 1.29 is 59.3 Å². The highest BCUT2D eigenvalue weighted by Gasteiger charge is 2.40. The number of nitrogens with zero attached hydrogens (tertiary/aromatic N) is 3. The second-order valence-corrected chi connectivity index (χ2v) is 6.33. The van der Waals surface area contributed by atoms with E-state index >= 15 is 0 Å². The van der Waals surface area contributed by atoms with Crippen molar-refractivity contribution in [2.24, 2.45) is 5.92 Å². The maximum absolute atomic E-state index is 12.6. The molecule has 2 fully saturated rings. The van der Waals surface area contributed by atoms with Crippen LogP contribution in [0.2, 0.25) is 0 Å². The normalized spacial score (nSPS) is 20.5. The molecule has 0 spiro atoms. The number of anilines is 1. The summed E-state index contributed by atoms with van der Waals surface area (Å²) in [5.74, 6) is -4.61. The smallest absolute Gasteiger partial charge is 0.475 e. The number of aromatic nitrogens is 2. The fourth-order valence-electron chi connectivity index (χ4n) is 2.79. The molecule has 32 heavy (non-hydrogen) atoms. The van der Waals surface area contributed by atoms with Gasteiger partial charge in [-0.2, -0.15) is 39.5 Å². The monoisotopic (exact) mass is 486 g/mol. The first kappa shape index (κ1) is 27.2. The first-order valence-corrected chi connectivity index (χ1v) is 8.41. The first-order valence-electron chi connectivity index (χ1n) is 8.41. The number of halogens is 9. The van der Waals surface area contributed by atoms with Crippen LogP contribution in [-0.2, 0) is 15.8 Å². The second kappa shape index (κ2) is 10.2. The van der Waals surface area contributed by atoms with Crippen molar-refractivity contribution in [3.8, 4) is 0 Å². The minimum absolute atomic E-state index is 0.265. The molecule has 0 saturated carbocycles. The van der Waals surface area contributed by atoms with Crippen LogP contribution in [0, 0.1) is 5.92 Å². The minimum atomic E-state index is -5.08. The Kier molecular flexibility index (Phi) is 8.65. The lowest BCUT2D eigenvalue weighted by molar-refractivity contribution is -0.193. The van der Waals surface area contributed by atoms with Gasteiger partial charge in [-0.1, -0.05) is 0 Å². The van der Waals surface area contributed by atoms with Gasteiger partial charge in [0.05, 0.1) is 0 Å². The average molecular weight is 486 g/mol. The highest BCUT2D eigenvalue weighted by Crippen LogP contribution is 2.33. The van der Waals surface area contributed by atoms with Gasteiger partial charge in [0.1, 0.15) is 17.8 Å².